The number of aliphatic hydroxyl groups excluding tert-OH is 1. The Bertz CT molecular complexity index is 409. The lowest BCUT2D eigenvalue weighted by atomic mass is 10.1. The second-order valence-corrected chi connectivity index (χ2v) is 5.49. The summed E-state index contributed by atoms with van der Waals surface area (Å²) >= 11 is 0. The van der Waals surface area contributed by atoms with Crippen LogP contribution < -0.4 is 4.90 Å². The summed E-state index contributed by atoms with van der Waals surface area (Å²) in [6, 6.07) is 6.53. The van der Waals surface area contributed by atoms with Crippen LogP contribution >= 0.6 is 0 Å². The van der Waals surface area contributed by atoms with E-state index in [0.717, 1.165) is 39.1 Å². The van der Waals surface area contributed by atoms with Crippen molar-refractivity contribution in [2.24, 2.45) is 0 Å². The van der Waals surface area contributed by atoms with Crippen LogP contribution in [0.3, 0.4) is 0 Å². The number of piperazine rings is 1. The van der Waals surface area contributed by atoms with Crippen LogP contribution in [0.15, 0.2) is 18.2 Å². The van der Waals surface area contributed by atoms with Crippen molar-refractivity contribution in [3.63, 3.8) is 0 Å². The van der Waals surface area contributed by atoms with Gasteiger partial charge in [-0.05, 0) is 44.4 Å². The lowest BCUT2D eigenvalue weighted by molar-refractivity contribution is 0.171. The molecule has 2 rings (SSSR count). The smallest absolute Gasteiger partial charge is 0.0553 e. The van der Waals surface area contributed by atoms with Gasteiger partial charge in [0.2, 0.25) is 0 Å². The Morgan fingerprint density at radius 2 is 1.89 bits per heavy atom. The van der Waals surface area contributed by atoms with E-state index in [1.165, 1.54) is 16.8 Å². The molecule has 1 N–H and O–H groups in total. The average molecular weight is 261 g/mol. The van der Waals surface area contributed by atoms with Crippen LogP contribution in [0.2, 0.25) is 0 Å². The maximum atomic E-state index is 9.23. The number of aliphatic hydroxyl groups is 1. The topological polar surface area (TPSA) is 26.7 Å². The average Bonchev–Trinajstić information content (AvgIpc) is 2.40. The summed E-state index contributed by atoms with van der Waals surface area (Å²) in [6.07, 6.45) is 0.334. The monoisotopic (exact) mass is 261 g/mol. The van der Waals surface area contributed by atoms with Gasteiger partial charge >= 0.3 is 0 Å². The van der Waals surface area contributed by atoms with Crippen molar-refractivity contribution in [3.05, 3.63) is 36.2 Å². The molecule has 0 spiro atoms. The van der Waals surface area contributed by atoms with E-state index >= 15 is 0 Å². The minimum absolute atomic E-state index is 0.433. The Morgan fingerprint density at radius 3 is 2.53 bits per heavy atom. The van der Waals surface area contributed by atoms with Crippen LogP contribution in [-0.2, 0) is 0 Å². The molecule has 1 unspecified atom stereocenters. The Balaban J connectivity index is 1.91. The summed E-state index contributed by atoms with van der Waals surface area (Å²) in [5.74, 6) is 0. The molecular weight excluding hydrogens is 236 g/mol. The van der Waals surface area contributed by atoms with E-state index in [2.05, 4.69) is 48.8 Å². The first-order valence-corrected chi connectivity index (χ1v) is 7.12. The van der Waals surface area contributed by atoms with Crippen molar-refractivity contribution in [2.75, 3.05) is 37.6 Å². The van der Waals surface area contributed by atoms with Crippen LogP contribution in [0.5, 0.6) is 0 Å². The van der Waals surface area contributed by atoms with Gasteiger partial charge in [0, 0.05) is 38.4 Å². The Kier molecular flexibility index (Phi) is 4.83. The first kappa shape index (κ1) is 14.4. The lowest BCUT2D eigenvalue weighted by Gasteiger charge is -2.37. The molecule has 0 aromatic heterocycles. The number of hydrogen-bond acceptors (Lipinski definition) is 3. The molecule has 0 amide bonds. The van der Waals surface area contributed by atoms with Crippen LogP contribution in [0.1, 0.15) is 17.5 Å². The summed E-state index contributed by atoms with van der Waals surface area (Å²) in [4.78, 5) is 4.88. The molecule has 0 aliphatic carbocycles. The second-order valence-electron chi connectivity index (χ2n) is 5.49. The molecule has 1 aromatic carbocycles. The summed E-state index contributed by atoms with van der Waals surface area (Å²) < 4.78 is 0. The molecule has 0 bridgehead atoms. The highest BCUT2D eigenvalue weighted by Gasteiger charge is 2.18. The second kappa shape index (κ2) is 6.40. The number of nitrogens with zero attached hydrogens (tertiary/aromatic N) is 2. The van der Waals surface area contributed by atoms with Gasteiger partial charge in [0.25, 0.3) is 0 Å². The van der Waals surface area contributed by atoms with Gasteiger partial charge in [0.05, 0.1) is 6.10 Å². The number of anilines is 1. The van der Waals surface area contributed by atoms with Crippen LogP contribution in [0.4, 0.5) is 5.69 Å². The molecule has 1 aliphatic heterocycles. The maximum Gasteiger partial charge on any atom is 0.0553 e. The number of aryl methyl sites for hydroxylation is 1. The molecule has 1 atom stereocenters. The van der Waals surface area contributed by atoms with E-state index in [9.17, 15) is 5.11 Å². The van der Waals surface area contributed by atoms with E-state index < -0.39 is 6.10 Å². The van der Waals surface area contributed by atoms with Gasteiger partial charge in [0.1, 0.15) is 0 Å². The number of rotatable bonds is 4. The van der Waals surface area contributed by atoms with Gasteiger partial charge in [-0.25, -0.2) is 0 Å². The van der Waals surface area contributed by atoms with Gasteiger partial charge in [0.15, 0.2) is 0 Å². The van der Waals surface area contributed by atoms with Gasteiger partial charge in [-0.3, -0.25) is 4.90 Å². The summed E-state index contributed by atoms with van der Waals surface area (Å²) in [5.41, 5.74) is 4.13. The molecule has 0 saturated carbocycles. The molecule has 3 nitrogen and oxygen atoms in total. The predicted molar refractivity (Wildman–Crippen MR) is 80.5 cm³/mol. The third-order valence-corrected chi connectivity index (χ3v) is 4.07. The first-order chi connectivity index (χ1) is 9.08. The normalized spacial score (nSPS) is 18.6. The van der Waals surface area contributed by atoms with Crippen molar-refractivity contribution in [3.8, 4) is 0 Å². The van der Waals surface area contributed by atoms with Crippen molar-refractivity contribution in [2.45, 2.75) is 26.4 Å². The van der Waals surface area contributed by atoms with Crippen molar-refractivity contribution < 1.29 is 5.11 Å². The van der Waals surface area contributed by atoms with Gasteiger partial charge in [-0.2, -0.15) is 0 Å². The van der Waals surface area contributed by atoms with Crippen LogP contribution in [0, 0.1) is 20.8 Å². The van der Waals surface area contributed by atoms with Crippen molar-refractivity contribution in [1.29, 1.82) is 0 Å². The van der Waals surface area contributed by atoms with Crippen LogP contribution in [0.25, 0.3) is 0 Å². The molecule has 19 heavy (non-hydrogen) atoms. The molecule has 1 radical (unpaired) electrons. The van der Waals surface area contributed by atoms with Crippen molar-refractivity contribution >= 4 is 5.69 Å². The summed E-state index contributed by atoms with van der Waals surface area (Å²) in [5, 5.41) is 9.23. The highest BCUT2D eigenvalue weighted by atomic mass is 16.3. The number of benzene rings is 1. The van der Waals surface area contributed by atoms with Crippen LogP contribution in [-0.4, -0.2) is 48.8 Å². The summed E-state index contributed by atoms with van der Waals surface area (Å²) in [7, 11) is 0. The molecule has 1 heterocycles. The molecule has 1 saturated heterocycles. The number of hydrogen-bond donors (Lipinski definition) is 1. The third-order valence-electron chi connectivity index (χ3n) is 4.07. The molecule has 1 aliphatic rings. The summed E-state index contributed by atoms with van der Waals surface area (Å²) in [6.45, 7) is 13.2. The Labute approximate surface area is 116 Å². The van der Waals surface area contributed by atoms with Gasteiger partial charge in [-0.1, -0.05) is 12.1 Å². The fraction of sp³-hybridized carbons (Fsp3) is 0.562. The zero-order valence-corrected chi connectivity index (χ0v) is 12.1. The van der Waals surface area contributed by atoms with E-state index in [1.807, 2.05) is 0 Å². The van der Waals surface area contributed by atoms with Crippen molar-refractivity contribution in [1.82, 2.24) is 4.90 Å². The Hall–Kier alpha value is -1.06. The molecular formula is C16H25N2O. The largest absolute Gasteiger partial charge is 0.393 e. The highest BCUT2D eigenvalue weighted by Crippen LogP contribution is 2.23. The van der Waals surface area contributed by atoms with Gasteiger partial charge in [-0.15, -0.1) is 0 Å². The van der Waals surface area contributed by atoms with E-state index in [1.54, 1.807) is 0 Å². The molecule has 3 heteroatoms. The minimum Gasteiger partial charge on any atom is -0.393 e. The zero-order chi connectivity index (χ0) is 13.8. The molecule has 1 aromatic rings. The highest BCUT2D eigenvalue weighted by molar-refractivity contribution is 5.56. The third kappa shape index (κ3) is 3.71. The van der Waals surface area contributed by atoms with E-state index in [-0.39, 0.29) is 0 Å². The predicted octanol–water partition coefficient (Wildman–Crippen LogP) is 2.01. The molecule has 1 fully saturated rings. The first-order valence-electron chi connectivity index (χ1n) is 7.12. The fourth-order valence-electron chi connectivity index (χ4n) is 2.62. The maximum absolute atomic E-state index is 9.23. The lowest BCUT2D eigenvalue weighted by Crippen LogP contribution is -2.47. The van der Waals surface area contributed by atoms with E-state index in [4.69, 9.17) is 0 Å². The minimum atomic E-state index is -0.433. The fourth-order valence-corrected chi connectivity index (χ4v) is 2.62. The zero-order valence-electron chi connectivity index (χ0n) is 12.1. The SMILES string of the molecule is [CH2]C(O)CCN1CCN(c2cccc(C)c2C)CC1. The standard InChI is InChI=1S/C16H25N2O/c1-13-5-4-6-16(15(13)3)18-11-9-17(10-12-18)8-7-14(2)19/h4-6,14,19H,2,7-12H2,1,3H3. The molecule has 105 valence electrons. The quantitative estimate of drug-likeness (QED) is 0.898. The Morgan fingerprint density at radius 1 is 1.21 bits per heavy atom. The van der Waals surface area contributed by atoms with Gasteiger partial charge < -0.3 is 10.0 Å². The van der Waals surface area contributed by atoms with E-state index in [0.29, 0.717) is 0 Å².